The van der Waals surface area contributed by atoms with E-state index >= 15 is 0 Å². The summed E-state index contributed by atoms with van der Waals surface area (Å²) in [7, 11) is 0. The van der Waals surface area contributed by atoms with Gasteiger partial charge < -0.3 is 10.1 Å². The van der Waals surface area contributed by atoms with E-state index < -0.39 is 4.92 Å². The van der Waals surface area contributed by atoms with Gasteiger partial charge in [0.25, 0.3) is 0 Å². The van der Waals surface area contributed by atoms with E-state index in [1.54, 1.807) is 13.0 Å². The first kappa shape index (κ1) is 10.6. The van der Waals surface area contributed by atoms with Crippen LogP contribution >= 0.6 is 0 Å². The normalized spacial score (nSPS) is 8.25. The summed E-state index contributed by atoms with van der Waals surface area (Å²) in [5.41, 5.74) is 0.849. The molecule has 4 heteroatoms. The minimum atomic E-state index is -0.507. The molecule has 0 bridgehead atoms. The van der Waals surface area contributed by atoms with E-state index in [1.807, 2.05) is 13.8 Å². The SMILES string of the molecule is CC.Cc1ccnc([N+](=O)[O-])c1. The molecule has 0 saturated heterocycles. The predicted octanol–water partition coefficient (Wildman–Crippen LogP) is 2.32. The van der Waals surface area contributed by atoms with E-state index in [9.17, 15) is 10.1 Å². The van der Waals surface area contributed by atoms with Crippen molar-refractivity contribution in [3.05, 3.63) is 34.0 Å². The summed E-state index contributed by atoms with van der Waals surface area (Å²) in [6.45, 7) is 5.79. The van der Waals surface area contributed by atoms with Gasteiger partial charge in [-0.05, 0) is 28.5 Å². The smallest absolute Gasteiger partial charge is 0.358 e. The molecule has 0 unspecified atom stereocenters. The molecule has 0 atom stereocenters. The summed E-state index contributed by atoms with van der Waals surface area (Å²) in [5, 5.41) is 10.1. The minimum absolute atomic E-state index is 0.0972. The van der Waals surface area contributed by atoms with Crippen molar-refractivity contribution in [1.82, 2.24) is 4.98 Å². The highest BCUT2D eigenvalue weighted by Gasteiger charge is 2.03. The fourth-order valence-electron chi connectivity index (χ4n) is 0.620. The van der Waals surface area contributed by atoms with Crippen LogP contribution in [0.5, 0.6) is 0 Å². The van der Waals surface area contributed by atoms with Crippen LogP contribution in [0.2, 0.25) is 0 Å². The van der Waals surface area contributed by atoms with Gasteiger partial charge in [0.1, 0.15) is 6.20 Å². The summed E-state index contributed by atoms with van der Waals surface area (Å²) in [6.07, 6.45) is 1.42. The lowest BCUT2D eigenvalue weighted by Crippen LogP contribution is -1.90. The standard InChI is InChI=1S/C6H6N2O2.C2H6/c1-5-2-3-7-6(4-5)8(9)10;1-2/h2-4H,1H3;1-2H3. The van der Waals surface area contributed by atoms with Crippen molar-refractivity contribution in [3.8, 4) is 0 Å². The Morgan fingerprint density at radius 2 is 2.08 bits per heavy atom. The van der Waals surface area contributed by atoms with E-state index in [-0.39, 0.29) is 5.82 Å². The van der Waals surface area contributed by atoms with Crippen LogP contribution in [0.25, 0.3) is 0 Å². The highest BCUT2D eigenvalue weighted by atomic mass is 16.6. The molecule has 0 fully saturated rings. The highest BCUT2D eigenvalue weighted by Crippen LogP contribution is 2.06. The number of nitrogens with zero attached hydrogens (tertiary/aromatic N) is 2. The third-order valence-corrected chi connectivity index (χ3v) is 1.09. The molecular weight excluding hydrogens is 156 g/mol. The monoisotopic (exact) mass is 168 g/mol. The van der Waals surface area contributed by atoms with Crippen LogP contribution in [0.15, 0.2) is 18.3 Å². The Hall–Kier alpha value is -1.45. The van der Waals surface area contributed by atoms with Gasteiger partial charge in [0.05, 0.1) is 0 Å². The van der Waals surface area contributed by atoms with Gasteiger partial charge in [-0.1, -0.05) is 13.8 Å². The molecule has 0 N–H and O–H groups in total. The van der Waals surface area contributed by atoms with Crippen molar-refractivity contribution in [1.29, 1.82) is 0 Å². The zero-order chi connectivity index (χ0) is 9.56. The van der Waals surface area contributed by atoms with Crippen molar-refractivity contribution in [2.75, 3.05) is 0 Å². The van der Waals surface area contributed by atoms with Crippen LogP contribution < -0.4 is 0 Å². The van der Waals surface area contributed by atoms with Crippen molar-refractivity contribution >= 4 is 5.82 Å². The first-order valence-corrected chi connectivity index (χ1v) is 3.77. The Labute approximate surface area is 71.4 Å². The van der Waals surface area contributed by atoms with Gasteiger partial charge in [-0.2, -0.15) is 0 Å². The van der Waals surface area contributed by atoms with Crippen LogP contribution in [-0.4, -0.2) is 9.91 Å². The second-order valence-corrected chi connectivity index (χ2v) is 1.95. The predicted molar refractivity (Wildman–Crippen MR) is 47.0 cm³/mol. The maximum Gasteiger partial charge on any atom is 0.363 e. The minimum Gasteiger partial charge on any atom is -0.358 e. The molecule has 0 aliphatic carbocycles. The summed E-state index contributed by atoms with van der Waals surface area (Å²) in [4.78, 5) is 13.1. The number of hydrogen-bond donors (Lipinski definition) is 0. The number of aromatic nitrogens is 1. The molecule has 0 saturated carbocycles. The first-order valence-electron chi connectivity index (χ1n) is 3.77. The topological polar surface area (TPSA) is 56.0 Å². The van der Waals surface area contributed by atoms with E-state index in [1.165, 1.54) is 12.3 Å². The Bertz CT molecular complexity index is 261. The zero-order valence-electron chi connectivity index (χ0n) is 7.44. The maximum atomic E-state index is 10.1. The lowest BCUT2D eigenvalue weighted by Gasteiger charge is -1.90. The molecule has 0 aliphatic rings. The average Bonchev–Trinajstić information content (AvgIpc) is 2.08. The average molecular weight is 168 g/mol. The van der Waals surface area contributed by atoms with Gasteiger partial charge in [0, 0.05) is 6.07 Å². The van der Waals surface area contributed by atoms with E-state index in [0.29, 0.717) is 0 Å². The number of aryl methyl sites for hydroxylation is 1. The fraction of sp³-hybridized carbons (Fsp3) is 0.375. The van der Waals surface area contributed by atoms with Gasteiger partial charge in [0.2, 0.25) is 0 Å². The van der Waals surface area contributed by atoms with E-state index in [4.69, 9.17) is 0 Å². The van der Waals surface area contributed by atoms with Crippen molar-refractivity contribution < 1.29 is 4.92 Å². The van der Waals surface area contributed by atoms with Gasteiger partial charge in [0.15, 0.2) is 0 Å². The number of pyridine rings is 1. The van der Waals surface area contributed by atoms with Gasteiger partial charge in [-0.3, -0.25) is 0 Å². The molecule has 1 heterocycles. The Morgan fingerprint density at radius 1 is 1.50 bits per heavy atom. The quantitative estimate of drug-likeness (QED) is 0.477. The van der Waals surface area contributed by atoms with Gasteiger partial charge >= 0.3 is 5.82 Å². The van der Waals surface area contributed by atoms with Gasteiger partial charge in [-0.15, -0.1) is 0 Å². The Balaban J connectivity index is 0.000000561. The van der Waals surface area contributed by atoms with Crippen molar-refractivity contribution in [2.24, 2.45) is 0 Å². The summed E-state index contributed by atoms with van der Waals surface area (Å²) in [5.74, 6) is -0.0972. The van der Waals surface area contributed by atoms with Crippen LogP contribution in [-0.2, 0) is 0 Å². The Kier molecular flexibility index (Phi) is 4.60. The highest BCUT2D eigenvalue weighted by molar-refractivity contribution is 5.23. The van der Waals surface area contributed by atoms with E-state index in [0.717, 1.165) is 5.56 Å². The largest absolute Gasteiger partial charge is 0.363 e. The van der Waals surface area contributed by atoms with Crippen molar-refractivity contribution in [3.63, 3.8) is 0 Å². The molecular formula is C8H12N2O2. The number of rotatable bonds is 1. The molecule has 1 aromatic heterocycles. The first-order chi connectivity index (χ1) is 5.70. The van der Waals surface area contributed by atoms with E-state index in [2.05, 4.69) is 4.98 Å². The second-order valence-electron chi connectivity index (χ2n) is 1.95. The number of hydrogen-bond acceptors (Lipinski definition) is 3. The lowest BCUT2D eigenvalue weighted by molar-refractivity contribution is -0.389. The van der Waals surface area contributed by atoms with Gasteiger partial charge in [-0.25, -0.2) is 0 Å². The molecule has 0 amide bonds. The maximum absolute atomic E-state index is 10.1. The van der Waals surface area contributed by atoms with Crippen LogP contribution in [0.1, 0.15) is 19.4 Å². The third kappa shape index (κ3) is 3.09. The summed E-state index contributed by atoms with van der Waals surface area (Å²) >= 11 is 0. The molecule has 0 radical (unpaired) electrons. The number of nitro groups is 1. The Morgan fingerprint density at radius 3 is 2.42 bits per heavy atom. The zero-order valence-corrected chi connectivity index (χ0v) is 7.44. The second kappa shape index (κ2) is 5.23. The fourth-order valence-corrected chi connectivity index (χ4v) is 0.620. The molecule has 1 rings (SSSR count). The molecule has 4 nitrogen and oxygen atoms in total. The van der Waals surface area contributed by atoms with Crippen molar-refractivity contribution in [2.45, 2.75) is 20.8 Å². The lowest BCUT2D eigenvalue weighted by atomic mass is 10.3. The molecule has 0 spiro atoms. The summed E-state index contributed by atoms with van der Waals surface area (Å²) < 4.78 is 0. The molecule has 1 aromatic rings. The molecule has 0 aliphatic heterocycles. The van der Waals surface area contributed by atoms with Crippen LogP contribution in [0.3, 0.4) is 0 Å². The molecule has 0 aromatic carbocycles. The molecule has 66 valence electrons. The van der Waals surface area contributed by atoms with Crippen LogP contribution in [0, 0.1) is 17.0 Å². The third-order valence-electron chi connectivity index (χ3n) is 1.09. The van der Waals surface area contributed by atoms with Crippen LogP contribution in [0.4, 0.5) is 5.82 Å². The summed E-state index contributed by atoms with van der Waals surface area (Å²) in [6, 6.07) is 3.15. The molecule has 12 heavy (non-hydrogen) atoms.